The fourth-order valence-corrected chi connectivity index (χ4v) is 2.57. The smallest absolute Gasteiger partial charge is 0.146 e. The summed E-state index contributed by atoms with van der Waals surface area (Å²) in [4.78, 5) is 2.43. The predicted molar refractivity (Wildman–Crippen MR) is 83.9 cm³/mol. The molecule has 0 aromatic heterocycles. The quantitative estimate of drug-likeness (QED) is 0.832. The van der Waals surface area contributed by atoms with Crippen molar-refractivity contribution in [2.75, 3.05) is 25.0 Å². The zero-order chi connectivity index (χ0) is 14.5. The highest BCUT2D eigenvalue weighted by molar-refractivity contribution is 6.30. The number of hydrogen-bond acceptors (Lipinski definition) is 2. The van der Waals surface area contributed by atoms with Gasteiger partial charge >= 0.3 is 0 Å². The van der Waals surface area contributed by atoms with Crippen molar-refractivity contribution in [3.05, 3.63) is 40.7 Å². The van der Waals surface area contributed by atoms with E-state index in [1.807, 2.05) is 0 Å². The average Bonchev–Trinajstić information content (AvgIpc) is 2.42. The van der Waals surface area contributed by atoms with Crippen LogP contribution in [0.2, 0.25) is 5.02 Å². The summed E-state index contributed by atoms with van der Waals surface area (Å²) in [5.41, 5.74) is 1.87. The average molecular weight is 297 g/mol. The van der Waals surface area contributed by atoms with Gasteiger partial charge in [-0.05, 0) is 44.9 Å². The van der Waals surface area contributed by atoms with Crippen LogP contribution in [0, 0.1) is 5.82 Å². The van der Waals surface area contributed by atoms with E-state index in [4.69, 9.17) is 11.6 Å². The van der Waals surface area contributed by atoms with Crippen LogP contribution in [0.3, 0.4) is 0 Å². The Morgan fingerprint density at radius 1 is 1.40 bits per heavy atom. The molecule has 1 fully saturated rings. The highest BCUT2D eigenvalue weighted by Gasteiger charge is 2.19. The van der Waals surface area contributed by atoms with E-state index in [0.717, 1.165) is 32.5 Å². The minimum absolute atomic E-state index is 0.235. The first kappa shape index (κ1) is 15.3. The number of nitrogens with zero attached hydrogens (tertiary/aromatic N) is 1. The molecule has 1 aliphatic heterocycles. The Morgan fingerprint density at radius 3 is 2.75 bits per heavy atom. The highest BCUT2D eigenvalue weighted by atomic mass is 35.5. The normalized spacial score (nSPS) is 17.0. The standard InChI is InChI=1S/C16H22ClFN2/c1-12(2)5-8-20-9-6-14(7-10-20)19-16-11-13(17)3-4-15(16)18/h3-5,11,14,19H,6-10H2,1-2H3. The Labute approximate surface area is 125 Å². The molecule has 4 heteroatoms. The lowest BCUT2D eigenvalue weighted by atomic mass is 10.0. The van der Waals surface area contributed by atoms with Gasteiger partial charge in [0.25, 0.3) is 0 Å². The topological polar surface area (TPSA) is 15.3 Å². The summed E-state index contributed by atoms with van der Waals surface area (Å²) in [7, 11) is 0. The summed E-state index contributed by atoms with van der Waals surface area (Å²) >= 11 is 5.91. The molecule has 0 aliphatic carbocycles. The van der Waals surface area contributed by atoms with Crippen LogP contribution in [0.4, 0.5) is 10.1 Å². The van der Waals surface area contributed by atoms with Crippen molar-refractivity contribution in [1.82, 2.24) is 4.90 Å². The first-order chi connectivity index (χ1) is 9.54. The molecule has 1 aromatic rings. The molecule has 1 aromatic carbocycles. The van der Waals surface area contributed by atoms with Crippen LogP contribution in [0.15, 0.2) is 29.8 Å². The van der Waals surface area contributed by atoms with Crippen molar-refractivity contribution in [2.45, 2.75) is 32.7 Å². The maximum Gasteiger partial charge on any atom is 0.146 e. The molecular formula is C16H22ClFN2. The number of rotatable bonds is 4. The number of halogens is 2. The number of nitrogens with one attached hydrogen (secondary N) is 1. The third kappa shape index (κ3) is 4.50. The molecule has 110 valence electrons. The number of allylic oxidation sites excluding steroid dienone is 1. The van der Waals surface area contributed by atoms with Crippen LogP contribution in [-0.4, -0.2) is 30.6 Å². The Hall–Kier alpha value is -1.06. The molecule has 1 N–H and O–H groups in total. The highest BCUT2D eigenvalue weighted by Crippen LogP contribution is 2.23. The van der Waals surface area contributed by atoms with Crippen molar-refractivity contribution in [3.63, 3.8) is 0 Å². The molecule has 1 aliphatic rings. The van der Waals surface area contributed by atoms with E-state index in [-0.39, 0.29) is 5.82 Å². The summed E-state index contributed by atoms with van der Waals surface area (Å²) in [5, 5.41) is 3.84. The zero-order valence-electron chi connectivity index (χ0n) is 12.1. The SMILES string of the molecule is CC(C)=CCN1CCC(Nc2cc(Cl)ccc2F)CC1. The monoisotopic (exact) mass is 296 g/mol. The van der Waals surface area contributed by atoms with E-state index < -0.39 is 0 Å². The van der Waals surface area contributed by atoms with Gasteiger partial charge in [-0.1, -0.05) is 23.3 Å². The lowest BCUT2D eigenvalue weighted by Gasteiger charge is -2.32. The Morgan fingerprint density at radius 2 is 2.10 bits per heavy atom. The molecule has 0 radical (unpaired) electrons. The second-order valence-electron chi connectivity index (χ2n) is 5.62. The number of piperidine rings is 1. The Balaban J connectivity index is 1.85. The maximum atomic E-state index is 13.7. The molecule has 20 heavy (non-hydrogen) atoms. The van der Waals surface area contributed by atoms with Crippen LogP contribution < -0.4 is 5.32 Å². The predicted octanol–water partition coefficient (Wildman–Crippen LogP) is 4.32. The van der Waals surface area contributed by atoms with Crippen molar-refractivity contribution < 1.29 is 4.39 Å². The van der Waals surface area contributed by atoms with Crippen LogP contribution in [0.1, 0.15) is 26.7 Å². The fourth-order valence-electron chi connectivity index (χ4n) is 2.40. The summed E-state index contributed by atoms with van der Waals surface area (Å²) in [6.07, 6.45) is 4.31. The number of likely N-dealkylation sites (tertiary alicyclic amines) is 1. The van der Waals surface area contributed by atoms with E-state index in [9.17, 15) is 4.39 Å². The summed E-state index contributed by atoms with van der Waals surface area (Å²) in [6, 6.07) is 4.97. The summed E-state index contributed by atoms with van der Waals surface area (Å²) in [6.45, 7) is 7.35. The van der Waals surface area contributed by atoms with Gasteiger partial charge in [0.15, 0.2) is 0 Å². The van der Waals surface area contributed by atoms with Gasteiger partial charge in [-0.15, -0.1) is 0 Å². The van der Waals surface area contributed by atoms with Crippen molar-refractivity contribution >= 4 is 17.3 Å². The second-order valence-corrected chi connectivity index (χ2v) is 6.06. The van der Waals surface area contributed by atoms with E-state index in [1.165, 1.54) is 11.6 Å². The zero-order valence-corrected chi connectivity index (χ0v) is 12.9. The third-order valence-electron chi connectivity index (χ3n) is 3.63. The lowest BCUT2D eigenvalue weighted by Crippen LogP contribution is -2.39. The third-order valence-corrected chi connectivity index (χ3v) is 3.87. The first-order valence-corrected chi connectivity index (χ1v) is 7.49. The van der Waals surface area contributed by atoms with E-state index in [0.29, 0.717) is 16.8 Å². The number of benzene rings is 1. The molecular weight excluding hydrogens is 275 g/mol. The van der Waals surface area contributed by atoms with E-state index in [2.05, 4.69) is 30.1 Å². The summed E-state index contributed by atoms with van der Waals surface area (Å²) in [5.74, 6) is -0.235. The van der Waals surface area contributed by atoms with Gasteiger partial charge < -0.3 is 5.32 Å². The molecule has 2 rings (SSSR count). The largest absolute Gasteiger partial charge is 0.380 e. The van der Waals surface area contributed by atoms with Gasteiger partial charge in [-0.25, -0.2) is 4.39 Å². The molecule has 1 saturated heterocycles. The molecule has 0 atom stereocenters. The molecule has 0 saturated carbocycles. The molecule has 0 amide bonds. The van der Waals surface area contributed by atoms with Crippen molar-refractivity contribution in [2.24, 2.45) is 0 Å². The van der Waals surface area contributed by atoms with Crippen LogP contribution in [0.25, 0.3) is 0 Å². The van der Waals surface area contributed by atoms with Gasteiger partial charge in [0.1, 0.15) is 5.82 Å². The lowest BCUT2D eigenvalue weighted by molar-refractivity contribution is 0.239. The van der Waals surface area contributed by atoms with Gasteiger partial charge in [0.05, 0.1) is 5.69 Å². The number of hydrogen-bond donors (Lipinski definition) is 1. The first-order valence-electron chi connectivity index (χ1n) is 7.12. The van der Waals surface area contributed by atoms with Crippen LogP contribution in [0.5, 0.6) is 0 Å². The van der Waals surface area contributed by atoms with Gasteiger partial charge in [-0.2, -0.15) is 0 Å². The van der Waals surface area contributed by atoms with Gasteiger partial charge in [0, 0.05) is 30.7 Å². The van der Waals surface area contributed by atoms with Crippen LogP contribution >= 0.6 is 11.6 Å². The van der Waals surface area contributed by atoms with Gasteiger partial charge in [0.2, 0.25) is 0 Å². The molecule has 0 unspecified atom stereocenters. The second kappa shape index (κ2) is 7.09. The Kier molecular flexibility index (Phi) is 5.44. The summed E-state index contributed by atoms with van der Waals surface area (Å²) < 4.78 is 13.7. The molecule has 2 nitrogen and oxygen atoms in total. The van der Waals surface area contributed by atoms with E-state index in [1.54, 1.807) is 12.1 Å². The van der Waals surface area contributed by atoms with Crippen LogP contribution in [-0.2, 0) is 0 Å². The fraction of sp³-hybridized carbons (Fsp3) is 0.500. The van der Waals surface area contributed by atoms with Crippen molar-refractivity contribution in [1.29, 1.82) is 0 Å². The minimum atomic E-state index is -0.235. The van der Waals surface area contributed by atoms with Gasteiger partial charge in [-0.3, -0.25) is 4.90 Å². The van der Waals surface area contributed by atoms with E-state index >= 15 is 0 Å². The van der Waals surface area contributed by atoms with Crippen molar-refractivity contribution in [3.8, 4) is 0 Å². The molecule has 0 bridgehead atoms. The Bertz CT molecular complexity index is 475. The molecule has 1 heterocycles. The maximum absolute atomic E-state index is 13.7. The molecule has 0 spiro atoms. The number of anilines is 1. The minimum Gasteiger partial charge on any atom is -0.380 e.